The van der Waals surface area contributed by atoms with Crippen molar-refractivity contribution < 1.29 is 23.8 Å². The Kier molecular flexibility index (Phi) is 5.43. The molecule has 2 N–H and O–H groups in total. The van der Waals surface area contributed by atoms with Crippen molar-refractivity contribution in [3.8, 4) is 0 Å². The Morgan fingerprint density at radius 1 is 1.42 bits per heavy atom. The maximum absolute atomic E-state index is 13.9. The summed E-state index contributed by atoms with van der Waals surface area (Å²) in [6.07, 6.45) is -0.228. The van der Waals surface area contributed by atoms with Crippen molar-refractivity contribution in [1.29, 1.82) is 0 Å². The minimum absolute atomic E-state index is 0.151. The van der Waals surface area contributed by atoms with Gasteiger partial charge < -0.3 is 20.1 Å². The predicted molar refractivity (Wildman–Crippen MR) is 86.1 cm³/mol. The molecule has 24 heavy (non-hydrogen) atoms. The molecule has 1 saturated heterocycles. The van der Waals surface area contributed by atoms with Gasteiger partial charge in [0.25, 0.3) is 0 Å². The van der Waals surface area contributed by atoms with Gasteiger partial charge in [0, 0.05) is 25.8 Å². The number of carbonyl (C=O) groups excluding carboxylic acids is 1. The summed E-state index contributed by atoms with van der Waals surface area (Å²) in [7, 11) is 1.46. The average Bonchev–Trinajstić information content (AvgIpc) is 2.94. The number of carboxylic acids is 1. The zero-order valence-electron chi connectivity index (χ0n) is 14.1. The fourth-order valence-electron chi connectivity index (χ4n) is 2.98. The largest absolute Gasteiger partial charge is 0.481 e. The average molecular weight is 338 g/mol. The summed E-state index contributed by atoms with van der Waals surface area (Å²) in [5.74, 6) is -1.31. The first-order valence-electron chi connectivity index (χ1n) is 7.84. The van der Waals surface area contributed by atoms with Crippen molar-refractivity contribution in [2.45, 2.75) is 32.4 Å². The molecule has 0 bridgehead atoms. The van der Waals surface area contributed by atoms with Gasteiger partial charge in [-0.3, -0.25) is 4.79 Å². The Morgan fingerprint density at radius 2 is 2.08 bits per heavy atom. The van der Waals surface area contributed by atoms with Gasteiger partial charge in [-0.25, -0.2) is 9.18 Å². The zero-order valence-corrected chi connectivity index (χ0v) is 14.1. The monoisotopic (exact) mass is 338 g/mol. The fraction of sp³-hybridized carbons (Fsp3) is 0.529. The summed E-state index contributed by atoms with van der Waals surface area (Å²) in [4.78, 5) is 25.1. The molecule has 3 atom stereocenters. The number of amides is 2. The van der Waals surface area contributed by atoms with Crippen LogP contribution in [-0.4, -0.2) is 48.2 Å². The Labute approximate surface area is 140 Å². The van der Waals surface area contributed by atoms with Gasteiger partial charge in [-0.2, -0.15) is 0 Å². The number of benzene rings is 1. The van der Waals surface area contributed by atoms with Crippen molar-refractivity contribution in [2.24, 2.45) is 5.41 Å². The number of likely N-dealkylation sites (tertiary alicyclic amines) is 1. The second-order valence-electron chi connectivity index (χ2n) is 6.45. The Balaban J connectivity index is 2.03. The van der Waals surface area contributed by atoms with E-state index in [4.69, 9.17) is 4.74 Å². The molecule has 1 fully saturated rings. The number of aliphatic carboxylic acids is 1. The number of urea groups is 1. The third-order valence-corrected chi connectivity index (χ3v) is 4.55. The summed E-state index contributed by atoms with van der Waals surface area (Å²) in [6.45, 7) is 3.88. The van der Waals surface area contributed by atoms with Crippen LogP contribution >= 0.6 is 0 Å². The molecule has 0 aliphatic carbocycles. The van der Waals surface area contributed by atoms with Crippen molar-refractivity contribution in [3.63, 3.8) is 0 Å². The van der Waals surface area contributed by atoms with E-state index in [0.717, 1.165) is 0 Å². The molecule has 2 amide bonds. The van der Waals surface area contributed by atoms with Crippen LogP contribution in [0.15, 0.2) is 24.3 Å². The number of methoxy groups -OCH3 is 1. The van der Waals surface area contributed by atoms with Gasteiger partial charge in [-0.1, -0.05) is 18.2 Å². The number of ether oxygens (including phenoxy) is 1. The fourth-order valence-corrected chi connectivity index (χ4v) is 2.98. The highest BCUT2D eigenvalue weighted by Gasteiger charge is 2.42. The maximum atomic E-state index is 13.9. The molecule has 1 aromatic rings. The van der Waals surface area contributed by atoms with Crippen LogP contribution in [0.3, 0.4) is 0 Å². The van der Waals surface area contributed by atoms with Crippen molar-refractivity contribution in [3.05, 3.63) is 35.6 Å². The Bertz CT molecular complexity index is 624. The first-order valence-corrected chi connectivity index (χ1v) is 7.84. The normalized spacial score (nSPS) is 22.9. The SMILES string of the molecule is COC(c1ccccc1F)C(C)NC(=O)N1CCC(C)(C(=O)O)C1. The van der Waals surface area contributed by atoms with Crippen LogP contribution in [0.25, 0.3) is 0 Å². The smallest absolute Gasteiger partial charge is 0.317 e. The number of hydrogen-bond donors (Lipinski definition) is 2. The Hall–Kier alpha value is -2.15. The number of nitrogens with one attached hydrogen (secondary N) is 1. The summed E-state index contributed by atoms with van der Waals surface area (Å²) >= 11 is 0. The topological polar surface area (TPSA) is 78.9 Å². The first kappa shape index (κ1) is 18.2. The molecule has 0 saturated carbocycles. The molecule has 0 aromatic heterocycles. The number of rotatable bonds is 5. The van der Waals surface area contributed by atoms with Gasteiger partial charge in [0.15, 0.2) is 0 Å². The van der Waals surface area contributed by atoms with Gasteiger partial charge in [0.1, 0.15) is 11.9 Å². The summed E-state index contributed by atoms with van der Waals surface area (Å²) in [6, 6.07) is 5.41. The van der Waals surface area contributed by atoms with E-state index in [1.54, 1.807) is 32.0 Å². The number of carbonyl (C=O) groups is 2. The van der Waals surface area contributed by atoms with E-state index in [2.05, 4.69) is 5.32 Å². The molecule has 2 rings (SSSR count). The number of nitrogens with zero attached hydrogens (tertiary/aromatic N) is 1. The quantitative estimate of drug-likeness (QED) is 0.864. The molecular formula is C17H23FN2O4. The molecule has 1 heterocycles. The van der Waals surface area contributed by atoms with Crippen LogP contribution in [0.4, 0.5) is 9.18 Å². The summed E-state index contributed by atoms with van der Waals surface area (Å²) in [5, 5.41) is 12.0. The lowest BCUT2D eigenvalue weighted by Crippen LogP contribution is -2.46. The lowest BCUT2D eigenvalue weighted by molar-refractivity contribution is -0.147. The van der Waals surface area contributed by atoms with Gasteiger partial charge in [-0.15, -0.1) is 0 Å². The first-order chi connectivity index (χ1) is 11.3. The van der Waals surface area contributed by atoms with E-state index in [-0.39, 0.29) is 12.6 Å². The van der Waals surface area contributed by atoms with Crippen molar-refractivity contribution >= 4 is 12.0 Å². The highest BCUT2D eigenvalue weighted by Crippen LogP contribution is 2.30. The van der Waals surface area contributed by atoms with Crippen LogP contribution in [-0.2, 0) is 9.53 Å². The second-order valence-corrected chi connectivity index (χ2v) is 6.45. The zero-order chi connectivity index (χ0) is 17.9. The van der Waals surface area contributed by atoms with Gasteiger partial charge >= 0.3 is 12.0 Å². The van der Waals surface area contributed by atoms with E-state index in [9.17, 15) is 19.1 Å². The number of carboxylic acid groups (broad SMARTS) is 1. The van der Waals surface area contributed by atoms with Gasteiger partial charge in [0.2, 0.25) is 0 Å². The van der Waals surface area contributed by atoms with E-state index in [0.29, 0.717) is 18.5 Å². The number of hydrogen-bond acceptors (Lipinski definition) is 3. The maximum Gasteiger partial charge on any atom is 0.317 e. The summed E-state index contributed by atoms with van der Waals surface area (Å²) < 4.78 is 19.3. The third kappa shape index (κ3) is 3.67. The second kappa shape index (κ2) is 7.17. The molecule has 0 radical (unpaired) electrons. The van der Waals surface area contributed by atoms with Gasteiger partial charge in [-0.05, 0) is 26.3 Å². The van der Waals surface area contributed by atoms with Crippen molar-refractivity contribution in [1.82, 2.24) is 10.2 Å². The lowest BCUT2D eigenvalue weighted by Gasteiger charge is -2.27. The molecule has 0 spiro atoms. The van der Waals surface area contributed by atoms with E-state index in [1.807, 2.05) is 0 Å². The molecule has 1 aliphatic heterocycles. The predicted octanol–water partition coefficient (Wildman–Crippen LogP) is 2.41. The highest BCUT2D eigenvalue weighted by molar-refractivity contribution is 5.79. The molecular weight excluding hydrogens is 315 g/mol. The van der Waals surface area contributed by atoms with Gasteiger partial charge in [0.05, 0.1) is 11.5 Å². The van der Waals surface area contributed by atoms with Crippen LogP contribution in [0.1, 0.15) is 31.9 Å². The lowest BCUT2D eigenvalue weighted by atomic mass is 9.90. The van der Waals surface area contributed by atoms with Crippen molar-refractivity contribution in [2.75, 3.05) is 20.2 Å². The standard InChI is InChI=1S/C17H23FN2O4/c1-11(14(24-3)12-6-4-5-7-13(12)18)19-16(23)20-9-8-17(2,10-20)15(21)22/h4-7,11,14H,8-10H2,1-3H3,(H,19,23)(H,21,22). The minimum atomic E-state index is -0.924. The summed E-state index contributed by atoms with van der Waals surface area (Å²) in [5.41, 5.74) is -0.558. The molecule has 6 nitrogen and oxygen atoms in total. The molecule has 132 valence electrons. The van der Waals surface area contributed by atoms with E-state index >= 15 is 0 Å². The Morgan fingerprint density at radius 3 is 2.62 bits per heavy atom. The van der Waals surface area contributed by atoms with Crippen LogP contribution in [0, 0.1) is 11.2 Å². The number of halogens is 1. The van der Waals surface area contributed by atoms with Crippen LogP contribution in [0.2, 0.25) is 0 Å². The highest BCUT2D eigenvalue weighted by atomic mass is 19.1. The van der Waals surface area contributed by atoms with E-state index < -0.39 is 29.3 Å². The van der Waals surface area contributed by atoms with E-state index in [1.165, 1.54) is 18.1 Å². The minimum Gasteiger partial charge on any atom is -0.481 e. The third-order valence-electron chi connectivity index (χ3n) is 4.55. The molecule has 3 unspecified atom stereocenters. The molecule has 1 aromatic carbocycles. The molecule has 1 aliphatic rings. The van der Waals surface area contributed by atoms with Crippen LogP contribution in [0.5, 0.6) is 0 Å². The van der Waals surface area contributed by atoms with Crippen LogP contribution < -0.4 is 5.32 Å². The molecule has 7 heteroatoms.